The largest absolute Gasteiger partial charge is 0.479 e. The van der Waals surface area contributed by atoms with Crippen LogP contribution in [0.15, 0.2) is 30.3 Å². The molecule has 1 aromatic carbocycles. The summed E-state index contributed by atoms with van der Waals surface area (Å²) in [6.07, 6.45) is 0.103. The molecule has 0 amide bonds. The fraction of sp³-hybridized carbons (Fsp3) is 0.200. The van der Waals surface area contributed by atoms with Crippen molar-refractivity contribution in [3.05, 3.63) is 35.9 Å². The Kier molecular flexibility index (Phi) is 3.54. The summed E-state index contributed by atoms with van der Waals surface area (Å²) in [6.45, 7) is 0. The Bertz CT molecular complexity index is 352. The maximum atomic E-state index is 10.9. The van der Waals surface area contributed by atoms with Crippen molar-refractivity contribution < 1.29 is 19.5 Å². The Morgan fingerprint density at radius 1 is 1.47 bits per heavy atom. The zero-order chi connectivity index (χ0) is 11.3. The Balaban J connectivity index is 2.94. The quantitative estimate of drug-likeness (QED) is 0.409. The third kappa shape index (κ3) is 2.39. The molecule has 0 radical (unpaired) electrons. The maximum Gasteiger partial charge on any atom is 0.346 e. The summed E-state index contributed by atoms with van der Waals surface area (Å²) in [4.78, 5) is 25.9. The average Bonchev–Trinajstić information content (AvgIpc) is 2.27. The minimum atomic E-state index is -2.00. The molecule has 1 aromatic rings. The number of nitrogens with two attached hydrogens (primary N) is 1. The molecule has 0 saturated heterocycles. The van der Waals surface area contributed by atoms with Gasteiger partial charge in [-0.25, -0.2) is 10.7 Å². The molecule has 0 aliphatic carbocycles. The lowest BCUT2D eigenvalue weighted by atomic mass is 9.96. The first-order valence-corrected chi connectivity index (χ1v) is 4.26. The lowest BCUT2D eigenvalue weighted by molar-refractivity contribution is -0.167. The molecule has 0 bridgehead atoms. The van der Waals surface area contributed by atoms with E-state index in [0.717, 1.165) is 0 Å². The van der Waals surface area contributed by atoms with Crippen molar-refractivity contribution in [3.8, 4) is 0 Å². The third-order valence-corrected chi connectivity index (χ3v) is 2.07. The molecular weight excluding hydrogens is 198 g/mol. The van der Waals surface area contributed by atoms with Crippen LogP contribution in [0.2, 0.25) is 0 Å². The number of hydrogen-bond acceptors (Lipinski definition) is 4. The van der Waals surface area contributed by atoms with Crippen molar-refractivity contribution in [2.45, 2.75) is 12.0 Å². The van der Waals surface area contributed by atoms with Gasteiger partial charge in [-0.2, -0.15) is 0 Å². The minimum Gasteiger partial charge on any atom is -0.479 e. The fourth-order valence-electron chi connectivity index (χ4n) is 1.19. The summed E-state index contributed by atoms with van der Waals surface area (Å²) in [5.41, 5.74) is -1.33. The number of carbonyl (C=O) groups excluding carboxylic acids is 1. The highest BCUT2D eigenvalue weighted by atomic mass is 16.6. The smallest absolute Gasteiger partial charge is 0.346 e. The van der Waals surface area contributed by atoms with Crippen molar-refractivity contribution in [3.63, 3.8) is 0 Å². The standard InChI is InChI=1S/C10H11NO4/c11-15-10(7-12,9(13)14)6-8-4-2-1-3-5-8/h1-5,7H,6,11H2,(H,13,14). The molecule has 1 unspecified atom stereocenters. The second-order valence-corrected chi connectivity index (χ2v) is 3.09. The summed E-state index contributed by atoms with van der Waals surface area (Å²) >= 11 is 0. The van der Waals surface area contributed by atoms with Crippen LogP contribution in [0, 0.1) is 0 Å². The van der Waals surface area contributed by atoms with E-state index in [0.29, 0.717) is 5.56 Å². The molecule has 0 heterocycles. The van der Waals surface area contributed by atoms with Crippen LogP contribution in [0.4, 0.5) is 0 Å². The molecule has 1 rings (SSSR count). The number of rotatable bonds is 5. The molecule has 5 nitrogen and oxygen atoms in total. The lowest BCUT2D eigenvalue weighted by Gasteiger charge is -2.20. The van der Waals surface area contributed by atoms with Gasteiger partial charge in [0.2, 0.25) is 5.60 Å². The van der Waals surface area contributed by atoms with Crippen molar-refractivity contribution in [1.29, 1.82) is 0 Å². The van der Waals surface area contributed by atoms with Gasteiger partial charge in [0.15, 0.2) is 6.29 Å². The van der Waals surface area contributed by atoms with E-state index in [2.05, 4.69) is 4.84 Å². The highest BCUT2D eigenvalue weighted by Gasteiger charge is 2.39. The fourth-order valence-corrected chi connectivity index (χ4v) is 1.19. The Morgan fingerprint density at radius 3 is 2.47 bits per heavy atom. The summed E-state index contributed by atoms with van der Waals surface area (Å²) in [7, 11) is 0. The number of carbonyl (C=O) groups is 2. The Morgan fingerprint density at radius 2 is 2.07 bits per heavy atom. The number of aldehydes is 1. The molecule has 1 atom stereocenters. The van der Waals surface area contributed by atoms with Gasteiger partial charge in [-0.15, -0.1) is 0 Å². The summed E-state index contributed by atoms with van der Waals surface area (Å²) in [5.74, 6) is 3.46. The van der Waals surface area contributed by atoms with E-state index in [4.69, 9.17) is 11.0 Å². The summed E-state index contributed by atoms with van der Waals surface area (Å²) in [6, 6.07) is 8.66. The van der Waals surface area contributed by atoms with E-state index in [1.165, 1.54) is 0 Å². The average molecular weight is 209 g/mol. The van der Waals surface area contributed by atoms with Crippen molar-refractivity contribution in [1.82, 2.24) is 0 Å². The molecule has 15 heavy (non-hydrogen) atoms. The number of hydrogen-bond donors (Lipinski definition) is 2. The molecule has 3 N–H and O–H groups in total. The Labute approximate surface area is 86.4 Å². The highest BCUT2D eigenvalue weighted by Crippen LogP contribution is 2.14. The van der Waals surface area contributed by atoms with Crippen LogP contribution in [0.1, 0.15) is 5.56 Å². The first kappa shape index (κ1) is 11.4. The van der Waals surface area contributed by atoms with Gasteiger partial charge >= 0.3 is 5.97 Å². The summed E-state index contributed by atoms with van der Waals surface area (Å²) in [5, 5.41) is 8.85. The van der Waals surface area contributed by atoms with Crippen molar-refractivity contribution in [2.75, 3.05) is 0 Å². The molecule has 5 heteroatoms. The zero-order valence-electron chi connectivity index (χ0n) is 7.92. The van der Waals surface area contributed by atoms with E-state index >= 15 is 0 Å². The van der Waals surface area contributed by atoms with Crippen LogP contribution >= 0.6 is 0 Å². The molecule has 0 spiro atoms. The van der Waals surface area contributed by atoms with Gasteiger partial charge in [0, 0.05) is 6.42 Å². The topological polar surface area (TPSA) is 89.6 Å². The SMILES string of the molecule is NOC(C=O)(Cc1ccccc1)C(=O)O. The molecule has 0 fully saturated rings. The monoisotopic (exact) mass is 209 g/mol. The lowest BCUT2D eigenvalue weighted by Crippen LogP contribution is -2.47. The first-order valence-electron chi connectivity index (χ1n) is 4.26. The molecule has 0 saturated carbocycles. The van der Waals surface area contributed by atoms with E-state index in [-0.39, 0.29) is 12.7 Å². The van der Waals surface area contributed by atoms with E-state index in [1.807, 2.05) is 0 Å². The van der Waals surface area contributed by atoms with Gasteiger partial charge in [0.05, 0.1) is 0 Å². The number of aliphatic carboxylic acids is 1. The highest BCUT2D eigenvalue weighted by molar-refractivity contribution is 5.96. The van der Waals surface area contributed by atoms with Gasteiger partial charge in [0.1, 0.15) is 0 Å². The van der Waals surface area contributed by atoms with Crippen LogP contribution in [0.3, 0.4) is 0 Å². The van der Waals surface area contributed by atoms with E-state index < -0.39 is 11.6 Å². The zero-order valence-corrected chi connectivity index (χ0v) is 7.92. The van der Waals surface area contributed by atoms with E-state index in [1.54, 1.807) is 30.3 Å². The van der Waals surface area contributed by atoms with Gasteiger partial charge in [-0.1, -0.05) is 30.3 Å². The predicted molar refractivity (Wildman–Crippen MR) is 51.8 cm³/mol. The second-order valence-electron chi connectivity index (χ2n) is 3.09. The predicted octanol–water partition coefficient (Wildman–Crippen LogP) is 0.142. The molecular formula is C10H11NO4. The second kappa shape index (κ2) is 4.68. The number of carboxylic acids is 1. The van der Waals surface area contributed by atoms with Crippen LogP contribution in [-0.4, -0.2) is 23.0 Å². The van der Waals surface area contributed by atoms with Crippen molar-refractivity contribution in [2.24, 2.45) is 5.90 Å². The van der Waals surface area contributed by atoms with Crippen LogP contribution in [0.5, 0.6) is 0 Å². The van der Waals surface area contributed by atoms with Crippen LogP contribution in [-0.2, 0) is 20.8 Å². The molecule has 0 aliphatic heterocycles. The number of benzene rings is 1. The first-order chi connectivity index (χ1) is 7.14. The van der Waals surface area contributed by atoms with Gasteiger partial charge in [-0.05, 0) is 5.56 Å². The normalized spacial score (nSPS) is 14.2. The van der Waals surface area contributed by atoms with Crippen LogP contribution in [0.25, 0.3) is 0 Å². The van der Waals surface area contributed by atoms with Gasteiger partial charge in [-0.3, -0.25) is 9.63 Å². The molecule has 0 aliphatic rings. The van der Waals surface area contributed by atoms with Gasteiger partial charge in [0.25, 0.3) is 0 Å². The minimum absolute atomic E-state index is 0.0941. The van der Waals surface area contributed by atoms with Crippen molar-refractivity contribution >= 4 is 12.3 Å². The molecule has 0 aromatic heterocycles. The van der Waals surface area contributed by atoms with Gasteiger partial charge < -0.3 is 5.11 Å². The Hall–Kier alpha value is -1.72. The number of carboxylic acid groups (broad SMARTS) is 1. The molecule has 80 valence electrons. The third-order valence-electron chi connectivity index (χ3n) is 2.07. The van der Waals surface area contributed by atoms with Crippen LogP contribution < -0.4 is 5.90 Å². The summed E-state index contributed by atoms with van der Waals surface area (Å²) < 4.78 is 0. The van der Waals surface area contributed by atoms with E-state index in [9.17, 15) is 9.59 Å². The maximum absolute atomic E-state index is 10.9.